The largest absolute Gasteiger partial charge is 0.355 e. The summed E-state index contributed by atoms with van der Waals surface area (Å²) >= 11 is 0. The molecule has 1 atom stereocenters. The number of aryl methyl sites for hydroxylation is 1. The summed E-state index contributed by atoms with van der Waals surface area (Å²) in [5.41, 5.74) is 4.56. The smallest absolute Gasteiger partial charge is 0.256 e. The molecule has 1 saturated carbocycles. The van der Waals surface area contributed by atoms with E-state index >= 15 is 0 Å². The highest BCUT2D eigenvalue weighted by Crippen LogP contribution is 2.33. The van der Waals surface area contributed by atoms with Crippen LogP contribution in [0.3, 0.4) is 0 Å². The van der Waals surface area contributed by atoms with Gasteiger partial charge in [-0.1, -0.05) is 49.8 Å². The Morgan fingerprint density at radius 2 is 1.81 bits per heavy atom. The number of allylic oxidation sites excluding steroid dienone is 1. The highest BCUT2D eigenvalue weighted by atomic mass is 16.1. The van der Waals surface area contributed by atoms with Crippen LogP contribution in [-0.4, -0.2) is 30.3 Å². The number of amides is 1. The predicted molar refractivity (Wildman–Crippen MR) is 153 cm³/mol. The van der Waals surface area contributed by atoms with Crippen molar-refractivity contribution >= 4 is 29.4 Å². The number of pyridine rings is 1. The van der Waals surface area contributed by atoms with Crippen molar-refractivity contribution < 1.29 is 9.59 Å². The van der Waals surface area contributed by atoms with Gasteiger partial charge in [-0.2, -0.15) is 0 Å². The van der Waals surface area contributed by atoms with Crippen LogP contribution < -0.4 is 16.0 Å². The molecule has 3 N–H and O–H groups in total. The number of nitrogens with zero attached hydrogens (tertiary/aromatic N) is 1. The molecule has 1 fully saturated rings. The molecular formula is C31H36N4O2. The Labute approximate surface area is 219 Å². The lowest BCUT2D eigenvalue weighted by Crippen LogP contribution is -2.22. The third kappa shape index (κ3) is 8.85. The molecule has 1 aliphatic rings. The molecule has 0 aliphatic heterocycles. The summed E-state index contributed by atoms with van der Waals surface area (Å²) in [5.74, 6) is 1.31. The number of benzene rings is 2. The maximum absolute atomic E-state index is 12.3. The van der Waals surface area contributed by atoms with Gasteiger partial charge in [-0.3, -0.25) is 9.59 Å². The average Bonchev–Trinajstić information content (AvgIpc) is 3.74. The third-order valence-electron chi connectivity index (χ3n) is 6.15. The molecule has 1 heterocycles. The van der Waals surface area contributed by atoms with E-state index in [1.54, 1.807) is 36.5 Å². The Kier molecular flexibility index (Phi) is 10.4. The van der Waals surface area contributed by atoms with Gasteiger partial charge < -0.3 is 16.0 Å². The molecule has 1 aromatic heterocycles. The molecule has 192 valence electrons. The van der Waals surface area contributed by atoms with E-state index in [0.717, 1.165) is 29.0 Å². The molecule has 4 rings (SSSR count). The van der Waals surface area contributed by atoms with Crippen molar-refractivity contribution in [3.8, 4) is 0 Å². The quantitative estimate of drug-likeness (QED) is 0.221. The van der Waals surface area contributed by atoms with E-state index in [1.165, 1.54) is 19.3 Å². The number of carbonyl (C=O) groups is 2. The highest BCUT2D eigenvalue weighted by molar-refractivity contribution is 6.03. The topological polar surface area (TPSA) is 83.1 Å². The molecular weight excluding hydrogens is 460 g/mol. The van der Waals surface area contributed by atoms with Crippen LogP contribution in [0.2, 0.25) is 0 Å². The van der Waals surface area contributed by atoms with Gasteiger partial charge in [0.2, 0.25) is 0 Å². The minimum absolute atomic E-state index is 0.223. The fraction of sp³-hybridized carbons (Fsp3) is 0.258. The minimum Gasteiger partial charge on any atom is -0.355 e. The van der Waals surface area contributed by atoms with Crippen molar-refractivity contribution in [2.45, 2.75) is 39.2 Å². The molecule has 6 nitrogen and oxygen atoms in total. The van der Waals surface area contributed by atoms with E-state index in [1.807, 2.05) is 44.3 Å². The van der Waals surface area contributed by atoms with Crippen LogP contribution in [0.25, 0.3) is 5.70 Å². The molecule has 1 aliphatic carbocycles. The number of likely N-dealkylation sites (N-methyl/N-ethyl adjacent to an activating group) is 1. The van der Waals surface area contributed by atoms with Crippen LogP contribution in [0.1, 0.15) is 58.0 Å². The second-order valence-electron chi connectivity index (χ2n) is 9.14. The number of rotatable bonds is 10. The number of hydrogen-bond donors (Lipinski definition) is 3. The second-order valence-corrected chi connectivity index (χ2v) is 9.14. The molecule has 2 aromatic carbocycles. The molecule has 1 amide bonds. The normalized spacial score (nSPS) is 13.3. The first-order chi connectivity index (χ1) is 17.9. The predicted octanol–water partition coefficient (Wildman–Crippen LogP) is 6.49. The third-order valence-corrected chi connectivity index (χ3v) is 6.15. The van der Waals surface area contributed by atoms with Gasteiger partial charge in [-0.05, 0) is 86.8 Å². The Balaban J connectivity index is 0.000000319. The van der Waals surface area contributed by atoms with Gasteiger partial charge in [0.25, 0.3) is 5.91 Å². The van der Waals surface area contributed by atoms with Crippen LogP contribution >= 0.6 is 0 Å². The molecule has 0 saturated heterocycles. The minimum atomic E-state index is -0.223. The number of aromatic nitrogens is 1. The highest BCUT2D eigenvalue weighted by Gasteiger charge is 2.23. The lowest BCUT2D eigenvalue weighted by molar-refractivity contribution is 0.102. The number of aldehydes is 1. The van der Waals surface area contributed by atoms with Crippen molar-refractivity contribution in [3.05, 3.63) is 108 Å². The second kappa shape index (κ2) is 13.9. The van der Waals surface area contributed by atoms with Crippen LogP contribution in [-0.2, 0) is 0 Å². The fourth-order valence-corrected chi connectivity index (χ4v) is 3.82. The average molecular weight is 497 g/mol. The number of carbonyl (C=O) groups excluding carboxylic acids is 2. The summed E-state index contributed by atoms with van der Waals surface area (Å²) in [4.78, 5) is 27.2. The van der Waals surface area contributed by atoms with Crippen LogP contribution in [0.4, 0.5) is 11.5 Å². The molecule has 0 bridgehead atoms. The fourth-order valence-electron chi connectivity index (χ4n) is 3.82. The van der Waals surface area contributed by atoms with Crippen LogP contribution in [0, 0.1) is 12.8 Å². The van der Waals surface area contributed by atoms with Crippen molar-refractivity contribution in [3.63, 3.8) is 0 Å². The zero-order chi connectivity index (χ0) is 26.6. The van der Waals surface area contributed by atoms with E-state index in [-0.39, 0.29) is 5.91 Å². The van der Waals surface area contributed by atoms with Crippen LogP contribution in [0.5, 0.6) is 0 Å². The molecule has 6 heteroatoms. The van der Waals surface area contributed by atoms with Crippen molar-refractivity contribution in [2.75, 3.05) is 17.7 Å². The van der Waals surface area contributed by atoms with Gasteiger partial charge in [-0.25, -0.2) is 4.98 Å². The van der Waals surface area contributed by atoms with E-state index in [0.29, 0.717) is 28.7 Å². The number of nitrogens with one attached hydrogen (secondary N) is 3. The summed E-state index contributed by atoms with van der Waals surface area (Å²) < 4.78 is 0. The molecule has 1 unspecified atom stereocenters. The summed E-state index contributed by atoms with van der Waals surface area (Å²) in [7, 11) is 2.03. The Morgan fingerprint density at radius 3 is 2.38 bits per heavy atom. The summed E-state index contributed by atoms with van der Waals surface area (Å²) in [5, 5.41) is 9.28. The van der Waals surface area contributed by atoms with Gasteiger partial charge >= 0.3 is 0 Å². The lowest BCUT2D eigenvalue weighted by atomic mass is 10.1. The summed E-state index contributed by atoms with van der Waals surface area (Å²) in [6.07, 6.45) is 11.1. The maximum atomic E-state index is 12.3. The maximum Gasteiger partial charge on any atom is 0.256 e. The molecule has 0 spiro atoms. The Morgan fingerprint density at radius 1 is 1.08 bits per heavy atom. The SMILES string of the molecule is C=C(Nc1ccc(C=O)cc1C)c1ccc(C(=O)Nc2ccccn2)cc1.CC=CC(CC1CC1)NC. The first kappa shape index (κ1) is 27.6. The van der Waals surface area contributed by atoms with Gasteiger partial charge in [0.1, 0.15) is 12.1 Å². The standard InChI is InChI=1S/C22H19N3O2.C9H17N/c1-15-13-17(14-26)6-11-20(15)24-16(2)18-7-9-19(10-8-18)22(27)25-21-5-3-4-12-23-21;1-3-4-9(10-2)7-8-5-6-8/h3-14,24H,2H2,1H3,(H,23,25,27);3-4,8-10H,5-7H2,1-2H3. The number of hydrogen-bond acceptors (Lipinski definition) is 5. The van der Waals surface area contributed by atoms with Crippen molar-refractivity contribution in [2.24, 2.45) is 5.92 Å². The van der Waals surface area contributed by atoms with Crippen molar-refractivity contribution in [1.82, 2.24) is 10.3 Å². The van der Waals surface area contributed by atoms with Gasteiger partial charge in [0, 0.05) is 34.8 Å². The number of anilines is 2. The zero-order valence-corrected chi connectivity index (χ0v) is 21.8. The summed E-state index contributed by atoms with van der Waals surface area (Å²) in [6, 6.07) is 18.5. The molecule has 0 radical (unpaired) electrons. The Hall–Kier alpha value is -4.03. The van der Waals surface area contributed by atoms with Gasteiger partial charge in [0.05, 0.1) is 0 Å². The van der Waals surface area contributed by atoms with E-state index in [2.05, 4.69) is 46.6 Å². The van der Waals surface area contributed by atoms with Crippen molar-refractivity contribution in [1.29, 1.82) is 0 Å². The van der Waals surface area contributed by atoms with E-state index in [4.69, 9.17) is 0 Å². The molecule has 3 aromatic rings. The first-order valence-electron chi connectivity index (χ1n) is 12.6. The van der Waals surface area contributed by atoms with Gasteiger partial charge in [0.15, 0.2) is 0 Å². The Bertz CT molecular complexity index is 1220. The summed E-state index contributed by atoms with van der Waals surface area (Å²) in [6.45, 7) is 8.06. The van der Waals surface area contributed by atoms with Gasteiger partial charge in [-0.15, -0.1) is 0 Å². The van der Waals surface area contributed by atoms with E-state index < -0.39 is 0 Å². The lowest BCUT2D eigenvalue weighted by Gasteiger charge is -2.13. The molecule has 37 heavy (non-hydrogen) atoms. The van der Waals surface area contributed by atoms with E-state index in [9.17, 15) is 9.59 Å². The van der Waals surface area contributed by atoms with Crippen LogP contribution in [0.15, 0.2) is 85.6 Å². The monoisotopic (exact) mass is 496 g/mol. The zero-order valence-electron chi connectivity index (χ0n) is 21.8. The first-order valence-corrected chi connectivity index (χ1v) is 12.6.